The SMILES string of the molecule is O=Cc1ccc(OC[C@@H]2CO[C@@](Cn3ccnc3)(c3ccc(Cl)cc3Cl)O2)cc1. The van der Waals surface area contributed by atoms with E-state index in [0.717, 1.165) is 6.29 Å². The molecule has 0 aliphatic carbocycles. The summed E-state index contributed by atoms with van der Waals surface area (Å²) in [5.74, 6) is -0.437. The van der Waals surface area contributed by atoms with Gasteiger partial charge in [-0.2, -0.15) is 0 Å². The van der Waals surface area contributed by atoms with E-state index in [1.807, 2.05) is 16.8 Å². The predicted octanol–water partition coefficient (Wildman–Crippen LogP) is 4.35. The maximum atomic E-state index is 10.8. The van der Waals surface area contributed by atoms with Crippen LogP contribution >= 0.6 is 23.2 Å². The Kier molecular flexibility index (Phi) is 5.87. The molecule has 4 rings (SSSR count). The summed E-state index contributed by atoms with van der Waals surface area (Å²) in [4.78, 5) is 14.9. The Balaban J connectivity index is 1.52. The van der Waals surface area contributed by atoms with E-state index in [-0.39, 0.29) is 12.7 Å². The van der Waals surface area contributed by atoms with Crippen LogP contribution in [-0.2, 0) is 21.8 Å². The second kappa shape index (κ2) is 8.55. The normalized spacial score (nSPS) is 21.2. The van der Waals surface area contributed by atoms with Gasteiger partial charge in [-0.15, -0.1) is 0 Å². The minimum Gasteiger partial charge on any atom is -0.491 e. The molecule has 150 valence electrons. The van der Waals surface area contributed by atoms with Crippen LogP contribution in [0.25, 0.3) is 0 Å². The van der Waals surface area contributed by atoms with Crippen LogP contribution in [0.2, 0.25) is 10.0 Å². The van der Waals surface area contributed by atoms with Crippen LogP contribution in [-0.4, -0.2) is 35.2 Å². The number of halogens is 2. The molecule has 0 unspecified atom stereocenters. The van der Waals surface area contributed by atoms with E-state index >= 15 is 0 Å². The van der Waals surface area contributed by atoms with Crippen LogP contribution in [0.5, 0.6) is 5.75 Å². The van der Waals surface area contributed by atoms with Crippen LogP contribution in [0.15, 0.2) is 61.2 Å². The van der Waals surface area contributed by atoms with Crippen LogP contribution in [0.4, 0.5) is 0 Å². The van der Waals surface area contributed by atoms with Gasteiger partial charge in [-0.05, 0) is 36.4 Å². The van der Waals surface area contributed by atoms with Crippen molar-refractivity contribution >= 4 is 29.5 Å². The van der Waals surface area contributed by atoms with Gasteiger partial charge in [0.05, 0.1) is 24.5 Å². The third-order valence-electron chi connectivity index (χ3n) is 4.60. The molecule has 1 aromatic heterocycles. The number of carbonyl (C=O) groups is 1. The fourth-order valence-corrected chi connectivity index (χ4v) is 3.76. The Labute approximate surface area is 177 Å². The quantitative estimate of drug-likeness (QED) is 0.519. The van der Waals surface area contributed by atoms with Crippen LogP contribution in [0.3, 0.4) is 0 Å². The Hall–Kier alpha value is -2.38. The number of hydrogen-bond donors (Lipinski definition) is 0. The second-order valence-corrected chi connectivity index (χ2v) is 7.50. The monoisotopic (exact) mass is 432 g/mol. The third kappa shape index (κ3) is 4.46. The summed E-state index contributed by atoms with van der Waals surface area (Å²) in [7, 11) is 0. The lowest BCUT2D eigenvalue weighted by atomic mass is 10.1. The fraction of sp³-hybridized carbons (Fsp3) is 0.238. The van der Waals surface area contributed by atoms with Crippen molar-refractivity contribution in [3.05, 3.63) is 82.4 Å². The smallest absolute Gasteiger partial charge is 0.215 e. The molecule has 0 spiro atoms. The molecule has 2 heterocycles. The average molecular weight is 433 g/mol. The number of imidazole rings is 1. The van der Waals surface area contributed by atoms with E-state index in [0.29, 0.717) is 40.1 Å². The molecule has 1 aliphatic rings. The molecule has 6 nitrogen and oxygen atoms in total. The lowest BCUT2D eigenvalue weighted by Crippen LogP contribution is -2.34. The summed E-state index contributed by atoms with van der Waals surface area (Å²) in [6, 6.07) is 12.1. The minimum absolute atomic E-state index is 0.289. The van der Waals surface area contributed by atoms with Crippen molar-refractivity contribution in [3.8, 4) is 5.75 Å². The molecule has 2 aromatic carbocycles. The molecule has 0 bridgehead atoms. The first-order valence-corrected chi connectivity index (χ1v) is 9.75. The molecule has 1 aliphatic heterocycles. The standard InChI is InChI=1S/C21H18Cl2N2O4/c22-16-3-6-19(20(23)9-16)21(13-25-8-7-24-14-25)28-12-18(29-21)11-27-17-4-1-15(10-26)2-5-17/h1-10,14,18H,11-13H2/t18-,21-/m1/s1. The largest absolute Gasteiger partial charge is 0.491 e. The van der Waals surface area contributed by atoms with E-state index in [2.05, 4.69) is 4.98 Å². The number of nitrogens with zero attached hydrogens (tertiary/aromatic N) is 2. The Morgan fingerprint density at radius 2 is 2.07 bits per heavy atom. The summed E-state index contributed by atoms with van der Waals surface area (Å²) < 4.78 is 20.1. The summed E-state index contributed by atoms with van der Waals surface area (Å²) in [5.41, 5.74) is 1.28. The molecule has 1 fully saturated rings. The molecule has 0 radical (unpaired) electrons. The van der Waals surface area contributed by atoms with E-state index in [9.17, 15) is 4.79 Å². The maximum absolute atomic E-state index is 10.8. The van der Waals surface area contributed by atoms with Crippen molar-refractivity contribution in [2.45, 2.75) is 18.4 Å². The van der Waals surface area contributed by atoms with Gasteiger partial charge < -0.3 is 18.8 Å². The summed E-state index contributed by atoms with van der Waals surface area (Å²) in [6.45, 7) is 0.996. The van der Waals surface area contributed by atoms with E-state index < -0.39 is 5.79 Å². The number of benzene rings is 2. The first-order valence-electron chi connectivity index (χ1n) is 8.99. The molecule has 0 N–H and O–H groups in total. The number of aromatic nitrogens is 2. The molecule has 0 saturated carbocycles. The zero-order valence-electron chi connectivity index (χ0n) is 15.3. The maximum Gasteiger partial charge on any atom is 0.215 e. The minimum atomic E-state index is -1.09. The number of hydrogen-bond acceptors (Lipinski definition) is 5. The average Bonchev–Trinajstić information content (AvgIpc) is 3.37. The molecule has 2 atom stereocenters. The number of aldehydes is 1. The van der Waals surface area contributed by atoms with Gasteiger partial charge in [-0.25, -0.2) is 4.98 Å². The lowest BCUT2D eigenvalue weighted by molar-refractivity contribution is -0.189. The summed E-state index contributed by atoms with van der Waals surface area (Å²) in [6.07, 6.45) is 5.69. The highest BCUT2D eigenvalue weighted by molar-refractivity contribution is 6.35. The van der Waals surface area contributed by atoms with Crippen molar-refractivity contribution in [1.29, 1.82) is 0 Å². The van der Waals surface area contributed by atoms with Crippen LogP contribution in [0.1, 0.15) is 15.9 Å². The van der Waals surface area contributed by atoms with Gasteiger partial charge in [0.25, 0.3) is 0 Å². The first kappa shape index (κ1) is 19.9. The molecule has 29 heavy (non-hydrogen) atoms. The molecule has 3 aromatic rings. The van der Waals surface area contributed by atoms with E-state index in [1.54, 1.807) is 48.9 Å². The van der Waals surface area contributed by atoms with Gasteiger partial charge in [0.15, 0.2) is 0 Å². The number of carbonyl (C=O) groups excluding carboxylic acids is 1. The van der Waals surface area contributed by atoms with Crippen molar-refractivity contribution in [2.24, 2.45) is 0 Å². The van der Waals surface area contributed by atoms with Crippen LogP contribution in [0, 0.1) is 0 Å². The predicted molar refractivity (Wildman–Crippen MR) is 109 cm³/mol. The van der Waals surface area contributed by atoms with Gasteiger partial charge in [-0.3, -0.25) is 4.79 Å². The second-order valence-electron chi connectivity index (χ2n) is 6.66. The number of ether oxygens (including phenoxy) is 3. The Morgan fingerprint density at radius 3 is 2.76 bits per heavy atom. The van der Waals surface area contributed by atoms with Crippen molar-refractivity contribution < 1.29 is 19.0 Å². The third-order valence-corrected chi connectivity index (χ3v) is 5.15. The molecular formula is C21H18Cl2N2O4. The first-order chi connectivity index (χ1) is 14.1. The summed E-state index contributed by atoms with van der Waals surface area (Å²) >= 11 is 12.5. The molecule has 8 heteroatoms. The lowest BCUT2D eigenvalue weighted by Gasteiger charge is -2.30. The van der Waals surface area contributed by atoms with Crippen molar-refractivity contribution in [3.63, 3.8) is 0 Å². The van der Waals surface area contributed by atoms with Gasteiger partial charge in [0, 0.05) is 28.5 Å². The van der Waals surface area contributed by atoms with Gasteiger partial charge in [0.2, 0.25) is 5.79 Å². The Bertz CT molecular complexity index is 979. The molecule has 1 saturated heterocycles. The van der Waals surface area contributed by atoms with Crippen molar-refractivity contribution in [2.75, 3.05) is 13.2 Å². The molecule has 0 amide bonds. The summed E-state index contributed by atoms with van der Waals surface area (Å²) in [5, 5.41) is 0.997. The van der Waals surface area contributed by atoms with E-state index in [1.165, 1.54) is 0 Å². The van der Waals surface area contributed by atoms with Gasteiger partial charge in [0.1, 0.15) is 24.7 Å². The Morgan fingerprint density at radius 1 is 1.24 bits per heavy atom. The zero-order chi connectivity index (χ0) is 20.3. The topological polar surface area (TPSA) is 62.6 Å². The highest BCUT2D eigenvalue weighted by Gasteiger charge is 2.45. The van der Waals surface area contributed by atoms with Crippen LogP contribution < -0.4 is 4.74 Å². The fourth-order valence-electron chi connectivity index (χ4n) is 3.21. The van der Waals surface area contributed by atoms with Gasteiger partial charge in [-0.1, -0.05) is 29.3 Å². The molecular weight excluding hydrogens is 415 g/mol. The van der Waals surface area contributed by atoms with Crippen molar-refractivity contribution in [1.82, 2.24) is 9.55 Å². The highest BCUT2D eigenvalue weighted by atomic mass is 35.5. The van der Waals surface area contributed by atoms with Gasteiger partial charge >= 0.3 is 0 Å². The zero-order valence-corrected chi connectivity index (χ0v) is 16.8. The number of rotatable bonds is 7. The highest BCUT2D eigenvalue weighted by Crippen LogP contribution is 2.40. The van der Waals surface area contributed by atoms with E-state index in [4.69, 9.17) is 37.4 Å².